The second kappa shape index (κ2) is 8.55. The van der Waals surface area contributed by atoms with E-state index < -0.39 is 5.60 Å². The summed E-state index contributed by atoms with van der Waals surface area (Å²) in [5, 5.41) is 23.8. The number of hydrogen-bond donors (Lipinski definition) is 3. The Morgan fingerprint density at radius 1 is 1.39 bits per heavy atom. The summed E-state index contributed by atoms with van der Waals surface area (Å²) in [4.78, 5) is 12.5. The van der Waals surface area contributed by atoms with Crippen LogP contribution in [-0.4, -0.2) is 43.1 Å². The van der Waals surface area contributed by atoms with Gasteiger partial charge < -0.3 is 10.4 Å². The smallest absolute Gasteiger partial charge is 0.251 e. The van der Waals surface area contributed by atoms with Crippen LogP contribution >= 0.6 is 0 Å². The largest absolute Gasteiger partial charge is 0.378 e. The van der Waals surface area contributed by atoms with Gasteiger partial charge in [-0.05, 0) is 56.5 Å². The van der Waals surface area contributed by atoms with Gasteiger partial charge in [-0.25, -0.2) is 4.68 Å². The Bertz CT molecular complexity index is 974. The number of H-pyrrole nitrogens is 1. The minimum atomic E-state index is -1.13. The van der Waals surface area contributed by atoms with E-state index in [2.05, 4.69) is 32.5 Å². The van der Waals surface area contributed by atoms with Crippen LogP contribution in [0.25, 0.3) is 5.69 Å². The molecule has 0 aliphatic carbocycles. The highest BCUT2D eigenvalue weighted by Crippen LogP contribution is 2.16. The van der Waals surface area contributed by atoms with Gasteiger partial charge >= 0.3 is 0 Å². The van der Waals surface area contributed by atoms with Crippen LogP contribution in [0.4, 0.5) is 0 Å². The third kappa shape index (κ3) is 5.32. The van der Waals surface area contributed by atoms with E-state index in [1.54, 1.807) is 49.3 Å². The molecular weight excluding hydrogens is 354 g/mol. The monoisotopic (exact) mass is 377 g/mol. The lowest BCUT2D eigenvalue weighted by atomic mass is 10.1. The second-order valence-electron chi connectivity index (χ2n) is 6.96. The summed E-state index contributed by atoms with van der Waals surface area (Å²) >= 11 is 0. The van der Waals surface area contributed by atoms with Crippen LogP contribution in [0.15, 0.2) is 49.1 Å². The number of hydrogen-bond acceptors (Lipinski definition) is 4. The number of carbonyl (C=O) groups excluding carboxylic acids is 1. The van der Waals surface area contributed by atoms with Crippen LogP contribution in [0.5, 0.6) is 0 Å². The van der Waals surface area contributed by atoms with Crippen molar-refractivity contribution in [2.24, 2.45) is 0 Å². The maximum absolute atomic E-state index is 12.5. The molecular formula is C21H23N5O2. The molecule has 1 amide bonds. The Kier molecular flexibility index (Phi) is 5.92. The highest BCUT2D eigenvalue weighted by atomic mass is 16.3. The van der Waals surface area contributed by atoms with E-state index >= 15 is 0 Å². The van der Waals surface area contributed by atoms with Crippen LogP contribution in [-0.2, 0) is 6.42 Å². The van der Waals surface area contributed by atoms with Gasteiger partial charge in [-0.15, -0.1) is 0 Å². The van der Waals surface area contributed by atoms with Gasteiger partial charge in [-0.3, -0.25) is 9.89 Å². The number of rotatable bonds is 6. The summed E-state index contributed by atoms with van der Waals surface area (Å²) in [5.74, 6) is 5.61. The van der Waals surface area contributed by atoms with Crippen molar-refractivity contribution in [3.63, 3.8) is 0 Å². The number of amides is 1. The van der Waals surface area contributed by atoms with E-state index in [0.29, 0.717) is 17.7 Å². The van der Waals surface area contributed by atoms with Crippen molar-refractivity contribution in [1.82, 2.24) is 25.3 Å². The van der Waals surface area contributed by atoms with E-state index in [1.165, 1.54) is 0 Å². The summed E-state index contributed by atoms with van der Waals surface area (Å²) in [6.45, 7) is 3.80. The number of nitrogens with zero attached hydrogens (tertiary/aromatic N) is 3. The van der Waals surface area contributed by atoms with Gasteiger partial charge in [-0.1, -0.05) is 11.8 Å². The van der Waals surface area contributed by atoms with Gasteiger partial charge in [0.2, 0.25) is 0 Å². The molecule has 2 aromatic heterocycles. The fourth-order valence-electron chi connectivity index (χ4n) is 2.62. The normalized spacial score (nSPS) is 11.0. The SMILES string of the molecule is CC(C)(O)C#Cc1cc(C(=O)NCCCc2cn[nH]c2)ccc1-n1cccn1. The maximum atomic E-state index is 12.5. The Hall–Kier alpha value is -3.37. The van der Waals surface area contributed by atoms with Crippen molar-refractivity contribution in [2.75, 3.05) is 6.54 Å². The molecule has 1 aromatic carbocycles. The lowest BCUT2D eigenvalue weighted by Crippen LogP contribution is -2.25. The molecule has 0 aliphatic heterocycles. The van der Waals surface area contributed by atoms with Gasteiger partial charge in [0, 0.05) is 30.7 Å². The Morgan fingerprint density at radius 2 is 2.25 bits per heavy atom. The second-order valence-corrected chi connectivity index (χ2v) is 6.96. The molecule has 3 N–H and O–H groups in total. The van der Waals surface area contributed by atoms with Gasteiger partial charge in [0.25, 0.3) is 5.91 Å². The molecule has 0 radical (unpaired) electrons. The summed E-state index contributed by atoms with van der Waals surface area (Å²) in [7, 11) is 0. The van der Waals surface area contributed by atoms with E-state index in [4.69, 9.17) is 0 Å². The molecule has 0 aliphatic rings. The summed E-state index contributed by atoms with van der Waals surface area (Å²) in [5.41, 5.74) is 1.86. The third-order valence-electron chi connectivity index (χ3n) is 4.00. The van der Waals surface area contributed by atoms with Crippen LogP contribution in [0.1, 0.15) is 41.8 Å². The van der Waals surface area contributed by atoms with E-state index in [-0.39, 0.29) is 5.91 Å². The Balaban J connectivity index is 1.73. The third-order valence-corrected chi connectivity index (χ3v) is 4.00. The number of nitrogens with one attached hydrogen (secondary N) is 2. The quantitative estimate of drug-likeness (QED) is 0.453. The molecule has 0 atom stereocenters. The van der Waals surface area contributed by atoms with Crippen LogP contribution in [0.2, 0.25) is 0 Å². The molecule has 3 aromatic rings. The zero-order valence-electron chi connectivity index (χ0n) is 15.9. The van der Waals surface area contributed by atoms with Gasteiger partial charge in [0.1, 0.15) is 5.60 Å². The van der Waals surface area contributed by atoms with Crippen LogP contribution in [0.3, 0.4) is 0 Å². The van der Waals surface area contributed by atoms with Gasteiger partial charge in [-0.2, -0.15) is 10.2 Å². The van der Waals surface area contributed by atoms with Crippen molar-refractivity contribution in [3.05, 3.63) is 65.7 Å². The molecule has 7 heteroatoms. The zero-order chi connectivity index (χ0) is 20.0. The Labute approximate surface area is 163 Å². The van der Waals surface area contributed by atoms with Gasteiger partial charge in [0.15, 0.2) is 0 Å². The molecule has 7 nitrogen and oxygen atoms in total. The topological polar surface area (TPSA) is 95.8 Å². The first-order chi connectivity index (χ1) is 13.4. The molecule has 0 bridgehead atoms. The van der Waals surface area contributed by atoms with Crippen LogP contribution < -0.4 is 5.32 Å². The average molecular weight is 377 g/mol. The number of benzene rings is 1. The number of aliphatic hydroxyl groups is 1. The average Bonchev–Trinajstić information content (AvgIpc) is 3.36. The van der Waals surface area contributed by atoms with Crippen molar-refractivity contribution in [3.8, 4) is 17.5 Å². The first-order valence-corrected chi connectivity index (χ1v) is 9.08. The zero-order valence-corrected chi connectivity index (χ0v) is 15.9. The highest BCUT2D eigenvalue weighted by Gasteiger charge is 2.12. The molecule has 0 fully saturated rings. The molecule has 144 valence electrons. The summed E-state index contributed by atoms with van der Waals surface area (Å²) in [6, 6.07) is 7.09. The van der Waals surface area contributed by atoms with Crippen molar-refractivity contribution >= 4 is 5.91 Å². The predicted molar refractivity (Wildman–Crippen MR) is 106 cm³/mol. The maximum Gasteiger partial charge on any atom is 0.251 e. The first kappa shape index (κ1) is 19.4. The molecule has 0 spiro atoms. The predicted octanol–water partition coefficient (Wildman–Crippen LogP) is 2.08. The molecule has 0 saturated heterocycles. The summed E-state index contributed by atoms with van der Waals surface area (Å²) in [6.07, 6.45) is 8.78. The number of aryl methyl sites for hydroxylation is 1. The fraction of sp³-hybridized carbons (Fsp3) is 0.286. The van der Waals surface area contributed by atoms with Gasteiger partial charge in [0.05, 0.1) is 17.4 Å². The molecule has 3 rings (SSSR count). The highest BCUT2D eigenvalue weighted by molar-refractivity contribution is 5.95. The molecule has 2 heterocycles. The van der Waals surface area contributed by atoms with Crippen molar-refractivity contribution in [2.45, 2.75) is 32.3 Å². The van der Waals surface area contributed by atoms with Crippen molar-refractivity contribution < 1.29 is 9.90 Å². The van der Waals surface area contributed by atoms with E-state index in [9.17, 15) is 9.90 Å². The standard InChI is InChI=1S/C21H23N5O2/c1-21(2,28)9-8-17-13-18(6-7-19(17)26-12-4-11-25-26)20(27)22-10-3-5-16-14-23-24-15-16/h4,6-7,11-15,28H,3,5,10H2,1-2H3,(H,22,27)(H,23,24). The van der Waals surface area contributed by atoms with E-state index in [1.807, 2.05) is 18.3 Å². The molecule has 28 heavy (non-hydrogen) atoms. The first-order valence-electron chi connectivity index (χ1n) is 9.08. The Morgan fingerprint density at radius 3 is 2.93 bits per heavy atom. The summed E-state index contributed by atoms with van der Waals surface area (Å²) < 4.78 is 1.68. The molecule has 0 unspecified atom stereocenters. The lowest BCUT2D eigenvalue weighted by Gasteiger charge is -2.10. The number of aromatic nitrogens is 4. The number of aromatic amines is 1. The molecule has 0 saturated carbocycles. The van der Waals surface area contributed by atoms with Crippen molar-refractivity contribution in [1.29, 1.82) is 0 Å². The van der Waals surface area contributed by atoms with E-state index in [0.717, 1.165) is 24.1 Å². The minimum Gasteiger partial charge on any atom is -0.378 e. The van der Waals surface area contributed by atoms with Crippen LogP contribution in [0, 0.1) is 11.8 Å². The fourth-order valence-corrected chi connectivity index (χ4v) is 2.62. The lowest BCUT2D eigenvalue weighted by molar-refractivity contribution is 0.0953. The minimum absolute atomic E-state index is 0.162. The number of carbonyl (C=O) groups is 1.